The molecule has 2 N–H and O–H groups in total. The molecule has 22 heavy (non-hydrogen) atoms. The number of pyridine rings is 1. The first-order valence-corrected chi connectivity index (χ1v) is 8.00. The van der Waals surface area contributed by atoms with E-state index in [0.717, 1.165) is 17.8 Å². The molecule has 0 unspecified atom stereocenters. The molecule has 0 radical (unpaired) electrons. The van der Waals surface area contributed by atoms with Crippen molar-refractivity contribution >= 4 is 23.1 Å². The minimum Gasteiger partial charge on any atom is -0.356 e. The lowest BCUT2D eigenvalue weighted by Gasteiger charge is -2.23. The van der Waals surface area contributed by atoms with Gasteiger partial charge in [0, 0.05) is 6.20 Å². The van der Waals surface area contributed by atoms with E-state index in [0.29, 0.717) is 11.0 Å². The Morgan fingerprint density at radius 3 is 2.45 bits per heavy atom. The molecule has 1 aromatic carbocycles. The Morgan fingerprint density at radius 1 is 1.14 bits per heavy atom. The van der Waals surface area contributed by atoms with E-state index in [9.17, 15) is 0 Å². The summed E-state index contributed by atoms with van der Waals surface area (Å²) in [7, 11) is 0. The van der Waals surface area contributed by atoms with E-state index in [1.807, 2.05) is 31.3 Å². The predicted molar refractivity (Wildman–Crippen MR) is 97.0 cm³/mol. The minimum atomic E-state index is 0.201. The summed E-state index contributed by atoms with van der Waals surface area (Å²) in [5, 5.41) is 7.16. The number of rotatable bonds is 5. The number of thiocarbonyl (C=S) groups is 1. The first-order valence-electron chi connectivity index (χ1n) is 7.59. The number of hydrogen-bond donors (Lipinski definition) is 2. The fraction of sp³-hybridized carbons (Fsp3) is 0.333. The monoisotopic (exact) mass is 313 g/mol. The standard InChI is InChI=1S/C18H23N3S/c1-13(2)11-16(15-7-5-4-6-8-15)20-18(22)21-17-10-9-14(3)12-19-17/h4-10,12-13,16H,11H2,1-3H3,(H2,19,20,21,22)/t16-/m1/s1. The Labute approximate surface area is 138 Å². The van der Waals surface area contributed by atoms with Gasteiger partial charge in [0.1, 0.15) is 5.82 Å². The van der Waals surface area contributed by atoms with Gasteiger partial charge in [0.2, 0.25) is 0 Å². The fourth-order valence-corrected chi connectivity index (χ4v) is 2.53. The van der Waals surface area contributed by atoms with Crippen molar-refractivity contribution in [3.05, 3.63) is 59.8 Å². The largest absolute Gasteiger partial charge is 0.356 e. The van der Waals surface area contributed by atoms with Crippen LogP contribution in [0.15, 0.2) is 48.7 Å². The second-order valence-electron chi connectivity index (χ2n) is 5.91. The highest BCUT2D eigenvalue weighted by molar-refractivity contribution is 7.80. The van der Waals surface area contributed by atoms with Gasteiger partial charge in [-0.2, -0.15) is 0 Å². The van der Waals surface area contributed by atoms with E-state index in [4.69, 9.17) is 12.2 Å². The van der Waals surface area contributed by atoms with Crippen molar-refractivity contribution in [3.8, 4) is 0 Å². The lowest BCUT2D eigenvalue weighted by atomic mass is 9.97. The van der Waals surface area contributed by atoms with Crippen LogP contribution < -0.4 is 10.6 Å². The zero-order valence-corrected chi connectivity index (χ0v) is 14.2. The van der Waals surface area contributed by atoms with Crippen molar-refractivity contribution in [1.82, 2.24) is 10.3 Å². The van der Waals surface area contributed by atoms with E-state index in [1.165, 1.54) is 5.56 Å². The third-order valence-electron chi connectivity index (χ3n) is 3.37. The van der Waals surface area contributed by atoms with Crippen LogP contribution >= 0.6 is 12.2 Å². The van der Waals surface area contributed by atoms with Gasteiger partial charge in [-0.25, -0.2) is 4.98 Å². The topological polar surface area (TPSA) is 37.0 Å². The van der Waals surface area contributed by atoms with Crippen LogP contribution in [0.25, 0.3) is 0 Å². The van der Waals surface area contributed by atoms with Gasteiger partial charge in [-0.1, -0.05) is 50.2 Å². The van der Waals surface area contributed by atoms with Gasteiger partial charge in [-0.3, -0.25) is 0 Å². The van der Waals surface area contributed by atoms with Gasteiger partial charge in [0.25, 0.3) is 0 Å². The third-order valence-corrected chi connectivity index (χ3v) is 3.59. The summed E-state index contributed by atoms with van der Waals surface area (Å²) < 4.78 is 0. The van der Waals surface area contributed by atoms with Crippen molar-refractivity contribution in [3.63, 3.8) is 0 Å². The third kappa shape index (κ3) is 5.11. The van der Waals surface area contributed by atoms with Crippen LogP contribution in [0.2, 0.25) is 0 Å². The van der Waals surface area contributed by atoms with E-state index in [1.54, 1.807) is 0 Å². The zero-order valence-electron chi connectivity index (χ0n) is 13.3. The molecule has 0 saturated heterocycles. The van der Waals surface area contributed by atoms with Gasteiger partial charge in [0.15, 0.2) is 5.11 Å². The average Bonchev–Trinajstić information content (AvgIpc) is 2.49. The fourth-order valence-electron chi connectivity index (χ4n) is 2.29. The van der Waals surface area contributed by atoms with E-state index in [2.05, 4.69) is 53.7 Å². The number of anilines is 1. The number of nitrogens with zero attached hydrogens (tertiary/aromatic N) is 1. The molecule has 2 aromatic rings. The van der Waals surface area contributed by atoms with Crippen LogP contribution in [0.1, 0.15) is 37.4 Å². The maximum absolute atomic E-state index is 5.44. The molecule has 1 heterocycles. The lowest BCUT2D eigenvalue weighted by Crippen LogP contribution is -2.33. The Hall–Kier alpha value is -1.94. The quantitative estimate of drug-likeness (QED) is 0.799. The van der Waals surface area contributed by atoms with Gasteiger partial charge in [0.05, 0.1) is 6.04 Å². The van der Waals surface area contributed by atoms with Crippen LogP contribution in [0.3, 0.4) is 0 Å². The van der Waals surface area contributed by atoms with Gasteiger partial charge >= 0.3 is 0 Å². The van der Waals surface area contributed by atoms with Crippen molar-refractivity contribution in [2.45, 2.75) is 33.2 Å². The lowest BCUT2D eigenvalue weighted by molar-refractivity contribution is 0.481. The highest BCUT2D eigenvalue weighted by Crippen LogP contribution is 2.21. The van der Waals surface area contributed by atoms with Crippen molar-refractivity contribution in [2.24, 2.45) is 5.92 Å². The van der Waals surface area contributed by atoms with Crippen LogP contribution in [0, 0.1) is 12.8 Å². The Kier molecular flexibility index (Phi) is 5.90. The Balaban J connectivity index is 2.03. The van der Waals surface area contributed by atoms with Gasteiger partial charge < -0.3 is 10.6 Å². The molecule has 4 heteroatoms. The molecule has 0 aliphatic rings. The summed E-state index contributed by atoms with van der Waals surface area (Å²) in [5.41, 5.74) is 2.38. The highest BCUT2D eigenvalue weighted by Gasteiger charge is 2.14. The summed E-state index contributed by atoms with van der Waals surface area (Å²) in [6.07, 6.45) is 2.85. The summed E-state index contributed by atoms with van der Waals surface area (Å²) in [5.74, 6) is 1.34. The van der Waals surface area contributed by atoms with Gasteiger partial charge in [-0.15, -0.1) is 0 Å². The number of hydrogen-bond acceptors (Lipinski definition) is 2. The number of aryl methyl sites for hydroxylation is 1. The van der Waals surface area contributed by atoms with Crippen molar-refractivity contribution in [1.29, 1.82) is 0 Å². The average molecular weight is 313 g/mol. The first-order chi connectivity index (χ1) is 10.5. The minimum absolute atomic E-state index is 0.201. The maximum Gasteiger partial charge on any atom is 0.172 e. The molecule has 0 aliphatic carbocycles. The second kappa shape index (κ2) is 7.90. The molecule has 0 aliphatic heterocycles. The molecule has 0 saturated carbocycles. The number of aromatic nitrogens is 1. The van der Waals surface area contributed by atoms with E-state index in [-0.39, 0.29) is 6.04 Å². The smallest absolute Gasteiger partial charge is 0.172 e. The predicted octanol–water partition coefficient (Wildman–Crippen LogP) is 4.46. The molecule has 2 rings (SSSR count). The van der Waals surface area contributed by atoms with Crippen LogP contribution in [0.4, 0.5) is 5.82 Å². The summed E-state index contributed by atoms with van der Waals surface area (Å²) in [6.45, 7) is 6.45. The molecule has 116 valence electrons. The number of nitrogens with one attached hydrogen (secondary N) is 2. The van der Waals surface area contributed by atoms with Crippen LogP contribution in [0.5, 0.6) is 0 Å². The Bertz CT molecular complexity index is 593. The molecule has 3 nitrogen and oxygen atoms in total. The molecular formula is C18H23N3S. The first kappa shape index (κ1) is 16.4. The molecule has 0 fully saturated rings. The molecule has 1 atom stereocenters. The maximum atomic E-state index is 5.44. The summed E-state index contributed by atoms with van der Waals surface area (Å²) >= 11 is 5.44. The van der Waals surface area contributed by atoms with Gasteiger partial charge in [-0.05, 0) is 48.7 Å². The SMILES string of the molecule is Cc1ccc(NC(=S)N[C@H](CC(C)C)c2ccccc2)nc1. The van der Waals surface area contributed by atoms with Crippen molar-refractivity contribution in [2.75, 3.05) is 5.32 Å². The normalized spacial score (nSPS) is 12.0. The molecule has 1 aromatic heterocycles. The van der Waals surface area contributed by atoms with Crippen LogP contribution in [-0.2, 0) is 0 Å². The molecular weight excluding hydrogens is 290 g/mol. The summed E-state index contributed by atoms with van der Waals surface area (Å²) in [4.78, 5) is 4.32. The van der Waals surface area contributed by atoms with Crippen molar-refractivity contribution < 1.29 is 0 Å². The van der Waals surface area contributed by atoms with E-state index < -0.39 is 0 Å². The molecule has 0 bridgehead atoms. The van der Waals surface area contributed by atoms with Crippen LogP contribution in [-0.4, -0.2) is 10.1 Å². The zero-order chi connectivity index (χ0) is 15.9. The summed E-state index contributed by atoms with van der Waals surface area (Å²) in [6, 6.07) is 14.6. The second-order valence-corrected chi connectivity index (χ2v) is 6.32. The highest BCUT2D eigenvalue weighted by atomic mass is 32.1. The van der Waals surface area contributed by atoms with E-state index >= 15 is 0 Å². The Morgan fingerprint density at radius 2 is 1.86 bits per heavy atom. The molecule has 0 amide bonds. The number of benzene rings is 1. The molecule has 0 spiro atoms.